The summed E-state index contributed by atoms with van der Waals surface area (Å²) in [5.41, 5.74) is 1.07. The summed E-state index contributed by atoms with van der Waals surface area (Å²) < 4.78 is 29.7. The van der Waals surface area contributed by atoms with Crippen molar-refractivity contribution in [3.63, 3.8) is 0 Å². The number of hydrogen-bond acceptors (Lipinski definition) is 5. The third kappa shape index (κ3) is 5.19. The Bertz CT molecular complexity index is 1190. The molecule has 1 atom stereocenters. The van der Waals surface area contributed by atoms with Gasteiger partial charge in [0.25, 0.3) is 11.2 Å². The van der Waals surface area contributed by atoms with E-state index in [1.807, 2.05) is 13.0 Å². The van der Waals surface area contributed by atoms with Gasteiger partial charge in [0.1, 0.15) is 0 Å². The van der Waals surface area contributed by atoms with E-state index in [1.165, 1.54) is 22.9 Å². The molecule has 0 aliphatic heterocycles. The van der Waals surface area contributed by atoms with Crippen molar-refractivity contribution in [1.29, 1.82) is 0 Å². The molecule has 1 unspecified atom stereocenters. The lowest BCUT2D eigenvalue weighted by Gasteiger charge is -2.20. The Labute approximate surface area is 174 Å². The van der Waals surface area contributed by atoms with Crippen LogP contribution in [0.1, 0.15) is 23.6 Å². The number of sulfonamides is 1. The van der Waals surface area contributed by atoms with Crippen LogP contribution in [-0.2, 0) is 16.6 Å². The molecule has 0 saturated heterocycles. The van der Waals surface area contributed by atoms with Gasteiger partial charge in [0.05, 0.1) is 16.0 Å². The van der Waals surface area contributed by atoms with Crippen molar-refractivity contribution in [2.45, 2.75) is 30.8 Å². The molecule has 0 aliphatic carbocycles. The molecule has 3 aromatic rings. The number of hydrogen-bond donors (Lipinski definition) is 1. The molecule has 0 fully saturated rings. The molecule has 8 nitrogen and oxygen atoms in total. The average molecular weight is 427 g/mol. The summed E-state index contributed by atoms with van der Waals surface area (Å²) in [6.45, 7) is 1.98. The van der Waals surface area contributed by atoms with Gasteiger partial charge in [0, 0.05) is 24.7 Å². The van der Waals surface area contributed by atoms with Crippen LogP contribution in [0.15, 0.2) is 82.6 Å². The molecule has 0 amide bonds. The van der Waals surface area contributed by atoms with E-state index in [9.17, 15) is 23.3 Å². The normalized spacial score (nSPS) is 12.4. The van der Waals surface area contributed by atoms with Crippen molar-refractivity contribution in [1.82, 2.24) is 9.29 Å². The monoisotopic (exact) mass is 427 g/mol. The van der Waals surface area contributed by atoms with Crippen molar-refractivity contribution in [2.24, 2.45) is 0 Å². The van der Waals surface area contributed by atoms with Crippen molar-refractivity contribution in [3.8, 4) is 0 Å². The number of rotatable bonds is 8. The summed E-state index contributed by atoms with van der Waals surface area (Å²) in [7, 11) is -3.81. The molecule has 2 aromatic carbocycles. The number of nitrogens with one attached hydrogen (secondary N) is 1. The largest absolute Gasteiger partial charge is 0.309 e. The summed E-state index contributed by atoms with van der Waals surface area (Å²) in [6.07, 6.45) is 1.40. The predicted octanol–water partition coefficient (Wildman–Crippen LogP) is 3.17. The minimum atomic E-state index is -3.81. The summed E-state index contributed by atoms with van der Waals surface area (Å²) in [6, 6.07) is 17.1. The maximum atomic E-state index is 12.9. The van der Waals surface area contributed by atoms with E-state index in [4.69, 9.17) is 0 Å². The first-order chi connectivity index (χ1) is 14.3. The molecule has 0 saturated carbocycles. The molecule has 1 N–H and O–H groups in total. The van der Waals surface area contributed by atoms with Crippen LogP contribution in [0.5, 0.6) is 0 Å². The van der Waals surface area contributed by atoms with Crippen LogP contribution in [0.3, 0.4) is 0 Å². The Morgan fingerprint density at radius 2 is 1.70 bits per heavy atom. The lowest BCUT2D eigenvalue weighted by molar-refractivity contribution is -0.385. The van der Waals surface area contributed by atoms with Crippen LogP contribution in [0.25, 0.3) is 0 Å². The fraction of sp³-hybridized carbons (Fsp3) is 0.190. The quantitative estimate of drug-likeness (QED) is 0.438. The number of aromatic nitrogens is 1. The standard InChI is InChI=1S/C21H21N3O5S/c1-16-7-10-19(11-8-16)30(28,29)22-20(17-5-3-2-4-6-17)13-14-23-15-18(24(26)27)9-12-21(23)25/h2-12,15,20,22H,13-14H2,1H3. The van der Waals surface area contributed by atoms with Crippen LogP contribution in [0.2, 0.25) is 0 Å². The molecular weight excluding hydrogens is 406 g/mol. The van der Waals surface area contributed by atoms with E-state index in [2.05, 4.69) is 4.72 Å². The fourth-order valence-electron chi connectivity index (χ4n) is 3.02. The first-order valence-electron chi connectivity index (χ1n) is 9.25. The molecule has 0 aliphatic rings. The van der Waals surface area contributed by atoms with Crippen LogP contribution in [0, 0.1) is 17.0 Å². The van der Waals surface area contributed by atoms with Gasteiger partial charge in [-0.1, -0.05) is 48.0 Å². The minimum absolute atomic E-state index is 0.108. The number of nitro groups is 1. The Morgan fingerprint density at radius 1 is 1.03 bits per heavy atom. The van der Waals surface area contributed by atoms with E-state index in [0.717, 1.165) is 23.3 Å². The molecule has 30 heavy (non-hydrogen) atoms. The second-order valence-electron chi connectivity index (χ2n) is 6.86. The van der Waals surface area contributed by atoms with Crippen molar-refractivity contribution < 1.29 is 13.3 Å². The second-order valence-corrected chi connectivity index (χ2v) is 8.58. The zero-order valence-electron chi connectivity index (χ0n) is 16.3. The number of aryl methyl sites for hydroxylation is 2. The molecule has 156 valence electrons. The Morgan fingerprint density at radius 3 is 2.33 bits per heavy atom. The van der Waals surface area contributed by atoms with Crippen LogP contribution in [-0.4, -0.2) is 17.9 Å². The van der Waals surface area contributed by atoms with Gasteiger partial charge in [-0.25, -0.2) is 13.1 Å². The maximum absolute atomic E-state index is 12.9. The van der Waals surface area contributed by atoms with Gasteiger partial charge in [0.15, 0.2) is 0 Å². The zero-order chi connectivity index (χ0) is 21.7. The minimum Gasteiger partial charge on any atom is -0.309 e. The third-order valence-corrected chi connectivity index (χ3v) is 6.16. The molecule has 1 heterocycles. The first-order valence-corrected chi connectivity index (χ1v) is 10.7. The summed E-state index contributed by atoms with van der Waals surface area (Å²) >= 11 is 0. The zero-order valence-corrected chi connectivity index (χ0v) is 17.1. The highest BCUT2D eigenvalue weighted by atomic mass is 32.2. The lowest BCUT2D eigenvalue weighted by atomic mass is 10.1. The van der Waals surface area contributed by atoms with Crippen molar-refractivity contribution >= 4 is 15.7 Å². The SMILES string of the molecule is Cc1ccc(S(=O)(=O)NC(CCn2cc([N+](=O)[O-])ccc2=O)c2ccccc2)cc1. The Balaban J connectivity index is 1.87. The van der Waals surface area contributed by atoms with Gasteiger partial charge in [-0.15, -0.1) is 0 Å². The molecule has 0 radical (unpaired) electrons. The summed E-state index contributed by atoms with van der Waals surface area (Å²) in [4.78, 5) is 22.6. The highest BCUT2D eigenvalue weighted by Crippen LogP contribution is 2.21. The van der Waals surface area contributed by atoms with E-state index in [-0.39, 0.29) is 23.5 Å². The van der Waals surface area contributed by atoms with E-state index < -0.39 is 26.5 Å². The molecule has 1 aromatic heterocycles. The van der Waals surface area contributed by atoms with Crippen LogP contribution < -0.4 is 10.3 Å². The highest BCUT2D eigenvalue weighted by Gasteiger charge is 2.22. The van der Waals surface area contributed by atoms with Gasteiger partial charge in [0.2, 0.25) is 10.0 Å². The number of nitrogens with zero attached hydrogens (tertiary/aromatic N) is 2. The van der Waals surface area contributed by atoms with E-state index >= 15 is 0 Å². The maximum Gasteiger partial charge on any atom is 0.285 e. The first kappa shape index (κ1) is 21.4. The molecule has 0 spiro atoms. The summed E-state index contributed by atoms with van der Waals surface area (Å²) in [5.74, 6) is 0. The van der Waals surface area contributed by atoms with Gasteiger partial charge in [-0.05, 0) is 31.0 Å². The molecule has 9 heteroatoms. The Kier molecular flexibility index (Phi) is 6.43. The van der Waals surface area contributed by atoms with Crippen LogP contribution in [0.4, 0.5) is 5.69 Å². The second kappa shape index (κ2) is 9.02. The highest BCUT2D eigenvalue weighted by molar-refractivity contribution is 7.89. The third-order valence-electron chi connectivity index (χ3n) is 4.67. The van der Waals surface area contributed by atoms with Crippen LogP contribution >= 0.6 is 0 Å². The van der Waals surface area contributed by atoms with Gasteiger partial charge >= 0.3 is 0 Å². The lowest BCUT2D eigenvalue weighted by Crippen LogP contribution is -2.30. The van der Waals surface area contributed by atoms with Gasteiger partial charge in [-0.2, -0.15) is 0 Å². The predicted molar refractivity (Wildman–Crippen MR) is 113 cm³/mol. The smallest absolute Gasteiger partial charge is 0.285 e. The van der Waals surface area contributed by atoms with E-state index in [0.29, 0.717) is 0 Å². The Hall–Kier alpha value is -3.30. The van der Waals surface area contributed by atoms with Crippen molar-refractivity contribution in [3.05, 3.63) is 105 Å². The topological polar surface area (TPSA) is 111 Å². The average Bonchev–Trinajstić information content (AvgIpc) is 2.73. The van der Waals surface area contributed by atoms with Gasteiger partial charge in [-0.3, -0.25) is 14.9 Å². The number of pyridine rings is 1. The molecular formula is C21H21N3O5S. The molecule has 3 rings (SSSR count). The van der Waals surface area contributed by atoms with Crippen molar-refractivity contribution in [2.75, 3.05) is 0 Å². The number of benzene rings is 2. The summed E-state index contributed by atoms with van der Waals surface area (Å²) in [5, 5.41) is 11.0. The van der Waals surface area contributed by atoms with E-state index in [1.54, 1.807) is 36.4 Å². The van der Waals surface area contributed by atoms with Gasteiger partial charge < -0.3 is 4.57 Å². The molecule has 0 bridgehead atoms. The fourth-order valence-corrected chi connectivity index (χ4v) is 4.28.